The lowest BCUT2D eigenvalue weighted by molar-refractivity contribution is 0.325. The number of nitrogens with zero attached hydrogens (tertiary/aromatic N) is 2. The van der Waals surface area contributed by atoms with Gasteiger partial charge in [-0.1, -0.05) is 19.9 Å². The lowest BCUT2D eigenvalue weighted by atomic mass is 9.85. The normalized spacial score (nSPS) is 19.6. The van der Waals surface area contributed by atoms with Crippen molar-refractivity contribution in [3.63, 3.8) is 0 Å². The van der Waals surface area contributed by atoms with E-state index in [4.69, 9.17) is 4.98 Å². The van der Waals surface area contributed by atoms with Crippen molar-refractivity contribution in [3.05, 3.63) is 23.9 Å². The number of rotatable bonds is 3. The van der Waals surface area contributed by atoms with Crippen LogP contribution in [0.25, 0.3) is 0 Å². The third-order valence-corrected chi connectivity index (χ3v) is 3.81. The first-order valence-corrected chi connectivity index (χ1v) is 6.96. The Hall–Kier alpha value is -1.09. The Morgan fingerprint density at radius 2 is 2.11 bits per heavy atom. The molecule has 18 heavy (non-hydrogen) atoms. The van der Waals surface area contributed by atoms with E-state index in [1.165, 1.54) is 19.3 Å². The van der Waals surface area contributed by atoms with Crippen LogP contribution >= 0.6 is 0 Å². The van der Waals surface area contributed by atoms with Crippen molar-refractivity contribution in [2.75, 3.05) is 25.0 Å². The van der Waals surface area contributed by atoms with E-state index in [1.807, 2.05) is 7.05 Å². The molecule has 2 rings (SSSR count). The highest BCUT2D eigenvalue weighted by atomic mass is 15.2. The topological polar surface area (TPSA) is 28.2 Å². The zero-order chi connectivity index (χ0) is 13.0. The van der Waals surface area contributed by atoms with Gasteiger partial charge in [-0.15, -0.1) is 0 Å². The predicted molar refractivity (Wildman–Crippen MR) is 76.8 cm³/mol. The van der Waals surface area contributed by atoms with Gasteiger partial charge in [0, 0.05) is 19.6 Å². The molecular formula is C15H25N3. The van der Waals surface area contributed by atoms with E-state index in [9.17, 15) is 0 Å². The van der Waals surface area contributed by atoms with Crippen molar-refractivity contribution in [2.45, 2.75) is 39.7 Å². The van der Waals surface area contributed by atoms with Gasteiger partial charge in [-0.2, -0.15) is 0 Å². The average Bonchev–Trinajstić information content (AvgIpc) is 2.51. The Labute approximate surface area is 111 Å². The van der Waals surface area contributed by atoms with Gasteiger partial charge in [-0.25, -0.2) is 4.98 Å². The molecule has 1 N–H and O–H groups in total. The summed E-state index contributed by atoms with van der Waals surface area (Å²) in [4.78, 5) is 7.18. The molecule has 2 heterocycles. The molecule has 0 saturated carbocycles. The molecule has 0 radical (unpaired) electrons. The molecule has 0 aliphatic carbocycles. The van der Waals surface area contributed by atoms with E-state index in [0.29, 0.717) is 5.41 Å². The van der Waals surface area contributed by atoms with Crippen molar-refractivity contribution in [1.29, 1.82) is 0 Å². The highest BCUT2D eigenvalue weighted by molar-refractivity contribution is 5.39. The van der Waals surface area contributed by atoms with Gasteiger partial charge in [0.05, 0.1) is 5.69 Å². The third-order valence-electron chi connectivity index (χ3n) is 3.81. The molecule has 1 aliphatic rings. The number of anilines is 1. The van der Waals surface area contributed by atoms with E-state index >= 15 is 0 Å². The quantitative estimate of drug-likeness (QED) is 0.890. The molecule has 0 spiro atoms. The van der Waals surface area contributed by atoms with Crippen molar-refractivity contribution in [1.82, 2.24) is 10.3 Å². The van der Waals surface area contributed by atoms with E-state index in [-0.39, 0.29) is 0 Å². The van der Waals surface area contributed by atoms with E-state index in [0.717, 1.165) is 31.1 Å². The summed E-state index contributed by atoms with van der Waals surface area (Å²) < 4.78 is 0. The lowest BCUT2D eigenvalue weighted by Gasteiger charge is -2.24. The summed E-state index contributed by atoms with van der Waals surface area (Å²) in [6.07, 6.45) is 3.84. The number of hydrogen-bond acceptors (Lipinski definition) is 3. The van der Waals surface area contributed by atoms with Gasteiger partial charge < -0.3 is 10.2 Å². The molecule has 1 aromatic rings. The van der Waals surface area contributed by atoms with Crippen LogP contribution in [0.2, 0.25) is 0 Å². The summed E-state index contributed by atoms with van der Waals surface area (Å²) in [5.74, 6) is 1.14. The first kappa shape index (κ1) is 13.3. The Morgan fingerprint density at radius 3 is 2.89 bits per heavy atom. The first-order valence-electron chi connectivity index (χ1n) is 6.96. The smallest absolute Gasteiger partial charge is 0.128 e. The van der Waals surface area contributed by atoms with Crippen molar-refractivity contribution < 1.29 is 0 Å². The van der Waals surface area contributed by atoms with Gasteiger partial charge >= 0.3 is 0 Å². The predicted octanol–water partition coefficient (Wildman–Crippen LogP) is 2.82. The van der Waals surface area contributed by atoms with Gasteiger partial charge in [0.1, 0.15) is 5.82 Å². The van der Waals surface area contributed by atoms with Crippen LogP contribution in [0.5, 0.6) is 0 Å². The minimum absolute atomic E-state index is 0.483. The zero-order valence-electron chi connectivity index (χ0n) is 11.9. The fourth-order valence-corrected chi connectivity index (χ4v) is 2.57. The van der Waals surface area contributed by atoms with Gasteiger partial charge in [0.2, 0.25) is 0 Å². The number of hydrogen-bond donors (Lipinski definition) is 1. The molecule has 0 bridgehead atoms. The minimum atomic E-state index is 0.483. The second-order valence-corrected chi connectivity index (χ2v) is 6.02. The number of pyridine rings is 1. The van der Waals surface area contributed by atoms with Gasteiger partial charge in [-0.3, -0.25) is 0 Å². The number of nitrogens with one attached hydrogen (secondary N) is 1. The zero-order valence-corrected chi connectivity index (χ0v) is 11.9. The molecule has 3 nitrogen and oxygen atoms in total. The molecule has 1 saturated heterocycles. The Kier molecular flexibility index (Phi) is 4.23. The van der Waals surface area contributed by atoms with Crippen LogP contribution in [0.4, 0.5) is 5.82 Å². The van der Waals surface area contributed by atoms with Crippen molar-refractivity contribution >= 4 is 5.82 Å². The molecule has 1 fully saturated rings. The van der Waals surface area contributed by atoms with Crippen LogP contribution < -0.4 is 10.2 Å². The molecule has 0 aromatic carbocycles. The van der Waals surface area contributed by atoms with Gasteiger partial charge in [-0.05, 0) is 43.9 Å². The highest BCUT2D eigenvalue weighted by Crippen LogP contribution is 2.31. The van der Waals surface area contributed by atoms with Gasteiger partial charge in [0.25, 0.3) is 0 Å². The summed E-state index contributed by atoms with van der Waals surface area (Å²) in [6, 6.07) is 6.34. The van der Waals surface area contributed by atoms with Crippen LogP contribution in [0.3, 0.4) is 0 Å². The van der Waals surface area contributed by atoms with Crippen molar-refractivity contribution in [3.8, 4) is 0 Å². The largest absolute Gasteiger partial charge is 0.357 e. The van der Waals surface area contributed by atoms with E-state index in [2.05, 4.69) is 42.3 Å². The first-order chi connectivity index (χ1) is 8.61. The summed E-state index contributed by atoms with van der Waals surface area (Å²) in [7, 11) is 1.96. The standard InChI is InChI=1S/C15H25N3/c1-15(2)8-5-10-18(11-9-15)14-7-4-6-13(17-14)12-16-3/h4,6-7,16H,5,8-12H2,1-3H3. The van der Waals surface area contributed by atoms with Crippen molar-refractivity contribution in [2.24, 2.45) is 5.41 Å². The Balaban J connectivity index is 2.08. The maximum absolute atomic E-state index is 4.74. The van der Waals surface area contributed by atoms with Crippen LogP contribution in [0.15, 0.2) is 18.2 Å². The maximum atomic E-state index is 4.74. The van der Waals surface area contributed by atoms with Crippen LogP contribution in [-0.4, -0.2) is 25.1 Å². The second-order valence-electron chi connectivity index (χ2n) is 6.02. The fourth-order valence-electron chi connectivity index (χ4n) is 2.57. The average molecular weight is 247 g/mol. The molecular weight excluding hydrogens is 222 g/mol. The molecule has 0 unspecified atom stereocenters. The minimum Gasteiger partial charge on any atom is -0.357 e. The van der Waals surface area contributed by atoms with E-state index in [1.54, 1.807) is 0 Å². The van der Waals surface area contributed by atoms with E-state index < -0.39 is 0 Å². The molecule has 3 heteroatoms. The highest BCUT2D eigenvalue weighted by Gasteiger charge is 2.23. The molecule has 1 aromatic heterocycles. The Bertz CT molecular complexity index is 387. The summed E-state index contributed by atoms with van der Waals surface area (Å²) >= 11 is 0. The molecule has 0 amide bonds. The Morgan fingerprint density at radius 1 is 1.28 bits per heavy atom. The third kappa shape index (κ3) is 3.45. The van der Waals surface area contributed by atoms with Gasteiger partial charge in [0.15, 0.2) is 0 Å². The van der Waals surface area contributed by atoms with Crippen LogP contribution in [0.1, 0.15) is 38.8 Å². The van der Waals surface area contributed by atoms with Crippen LogP contribution in [-0.2, 0) is 6.54 Å². The maximum Gasteiger partial charge on any atom is 0.128 e. The SMILES string of the molecule is CNCc1cccc(N2CCCC(C)(C)CC2)n1. The molecule has 0 atom stereocenters. The fraction of sp³-hybridized carbons (Fsp3) is 0.667. The molecule has 1 aliphatic heterocycles. The summed E-state index contributed by atoms with van der Waals surface area (Å²) in [5.41, 5.74) is 1.61. The monoisotopic (exact) mass is 247 g/mol. The number of aromatic nitrogens is 1. The second kappa shape index (κ2) is 5.70. The van der Waals surface area contributed by atoms with Crippen LogP contribution in [0, 0.1) is 5.41 Å². The summed E-state index contributed by atoms with van der Waals surface area (Å²) in [6.45, 7) is 7.86. The molecule has 100 valence electrons. The summed E-state index contributed by atoms with van der Waals surface area (Å²) in [5, 5.41) is 3.16. The lowest BCUT2D eigenvalue weighted by Crippen LogP contribution is -2.26.